The molecule has 0 bridgehead atoms. The lowest BCUT2D eigenvalue weighted by molar-refractivity contribution is 0.0458. The van der Waals surface area contributed by atoms with Gasteiger partial charge in [0.05, 0.1) is 5.60 Å². The highest BCUT2D eigenvalue weighted by molar-refractivity contribution is 7.87. The Labute approximate surface area is 99.6 Å². The average molecular weight is 262 g/mol. The first-order chi connectivity index (χ1) is 7.72. The van der Waals surface area contributed by atoms with Crippen molar-refractivity contribution < 1.29 is 17.9 Å². The second-order valence-corrected chi connectivity index (χ2v) is 5.32. The van der Waals surface area contributed by atoms with Crippen molar-refractivity contribution in [1.82, 2.24) is 4.72 Å². The Hall–Kier alpha value is -1.02. The van der Waals surface area contributed by atoms with Gasteiger partial charge in [0.1, 0.15) is 5.82 Å². The maximum atomic E-state index is 13.4. The van der Waals surface area contributed by atoms with Crippen molar-refractivity contribution in [3.63, 3.8) is 0 Å². The predicted molar refractivity (Wildman–Crippen MR) is 61.7 cm³/mol. The highest BCUT2D eigenvalue weighted by Crippen LogP contribution is 2.26. The molecule has 0 saturated carbocycles. The third-order valence-corrected chi connectivity index (χ3v) is 2.98. The molecule has 0 amide bonds. The molecule has 7 heteroatoms. The van der Waals surface area contributed by atoms with Gasteiger partial charge in [-0.2, -0.15) is 8.42 Å². The Morgan fingerprint density at radius 1 is 1.47 bits per heavy atom. The number of aliphatic hydroxyl groups is 1. The SMILES string of the molecule is CC(O)(CCNS(N)(=O)=O)c1ccccc1F. The Morgan fingerprint density at radius 3 is 2.59 bits per heavy atom. The Bertz CT molecular complexity index is 488. The van der Waals surface area contributed by atoms with Gasteiger partial charge in [0.2, 0.25) is 0 Å². The molecule has 0 saturated heterocycles. The molecule has 0 spiro atoms. The molecule has 1 aromatic carbocycles. The van der Waals surface area contributed by atoms with E-state index in [9.17, 15) is 17.9 Å². The van der Waals surface area contributed by atoms with Gasteiger partial charge in [0.25, 0.3) is 10.2 Å². The zero-order valence-corrected chi connectivity index (χ0v) is 10.2. The van der Waals surface area contributed by atoms with Gasteiger partial charge in [0.15, 0.2) is 0 Å². The van der Waals surface area contributed by atoms with E-state index >= 15 is 0 Å². The fourth-order valence-electron chi connectivity index (χ4n) is 1.47. The van der Waals surface area contributed by atoms with E-state index in [4.69, 9.17) is 5.14 Å². The van der Waals surface area contributed by atoms with Gasteiger partial charge in [-0.05, 0) is 19.4 Å². The van der Waals surface area contributed by atoms with E-state index < -0.39 is 21.6 Å². The van der Waals surface area contributed by atoms with Crippen LogP contribution in [-0.4, -0.2) is 20.1 Å². The van der Waals surface area contributed by atoms with Crippen molar-refractivity contribution in [2.75, 3.05) is 6.54 Å². The van der Waals surface area contributed by atoms with E-state index in [2.05, 4.69) is 0 Å². The maximum absolute atomic E-state index is 13.4. The van der Waals surface area contributed by atoms with Crippen molar-refractivity contribution in [2.45, 2.75) is 18.9 Å². The molecule has 0 heterocycles. The summed E-state index contributed by atoms with van der Waals surface area (Å²) in [5.41, 5.74) is -1.33. The highest BCUT2D eigenvalue weighted by Gasteiger charge is 2.26. The first kappa shape index (κ1) is 14.0. The second-order valence-electron chi connectivity index (χ2n) is 3.94. The molecule has 1 atom stereocenters. The van der Waals surface area contributed by atoms with Crippen LogP contribution in [0.4, 0.5) is 4.39 Å². The van der Waals surface area contributed by atoms with Crippen LogP contribution in [0, 0.1) is 5.82 Å². The molecule has 1 aromatic rings. The van der Waals surface area contributed by atoms with Gasteiger partial charge in [0, 0.05) is 12.1 Å². The lowest BCUT2D eigenvalue weighted by Gasteiger charge is -2.24. The summed E-state index contributed by atoms with van der Waals surface area (Å²) >= 11 is 0. The van der Waals surface area contributed by atoms with E-state index in [0.717, 1.165) is 0 Å². The van der Waals surface area contributed by atoms with E-state index in [1.54, 1.807) is 6.07 Å². The van der Waals surface area contributed by atoms with E-state index in [0.29, 0.717) is 0 Å². The topological polar surface area (TPSA) is 92.4 Å². The normalized spacial score (nSPS) is 15.5. The molecule has 96 valence electrons. The number of halogens is 1. The maximum Gasteiger partial charge on any atom is 0.274 e. The van der Waals surface area contributed by atoms with Gasteiger partial charge in [-0.3, -0.25) is 0 Å². The molecule has 0 radical (unpaired) electrons. The van der Waals surface area contributed by atoms with Crippen LogP contribution in [0.5, 0.6) is 0 Å². The molecule has 0 aliphatic carbocycles. The standard InChI is InChI=1S/C10H15FN2O3S/c1-10(14,6-7-13-17(12,15)16)8-4-2-3-5-9(8)11/h2-5,13-14H,6-7H2,1H3,(H2,12,15,16). The van der Waals surface area contributed by atoms with Crippen LogP contribution in [0.25, 0.3) is 0 Å². The fourth-order valence-corrected chi connectivity index (χ4v) is 1.86. The van der Waals surface area contributed by atoms with E-state index in [1.807, 2.05) is 4.72 Å². The molecular formula is C10H15FN2O3S. The monoisotopic (exact) mass is 262 g/mol. The molecule has 0 aliphatic rings. The van der Waals surface area contributed by atoms with Gasteiger partial charge < -0.3 is 5.11 Å². The second kappa shape index (κ2) is 5.09. The first-order valence-electron chi connectivity index (χ1n) is 4.97. The lowest BCUT2D eigenvalue weighted by Crippen LogP contribution is -2.35. The van der Waals surface area contributed by atoms with Crippen molar-refractivity contribution in [3.8, 4) is 0 Å². The molecule has 0 fully saturated rings. The zero-order chi connectivity index (χ0) is 13.1. The quantitative estimate of drug-likeness (QED) is 0.708. The van der Waals surface area contributed by atoms with Gasteiger partial charge in [-0.15, -0.1) is 0 Å². The molecule has 4 N–H and O–H groups in total. The van der Waals surface area contributed by atoms with Crippen LogP contribution in [0.2, 0.25) is 0 Å². The van der Waals surface area contributed by atoms with Crippen molar-refractivity contribution in [2.24, 2.45) is 5.14 Å². The Morgan fingerprint density at radius 2 is 2.06 bits per heavy atom. The molecule has 17 heavy (non-hydrogen) atoms. The summed E-state index contributed by atoms with van der Waals surface area (Å²) in [6.07, 6.45) is 0.0182. The third-order valence-electron chi connectivity index (χ3n) is 2.37. The van der Waals surface area contributed by atoms with Crippen LogP contribution in [0.15, 0.2) is 24.3 Å². The van der Waals surface area contributed by atoms with Crippen LogP contribution < -0.4 is 9.86 Å². The van der Waals surface area contributed by atoms with E-state index in [1.165, 1.54) is 25.1 Å². The number of hydrogen-bond acceptors (Lipinski definition) is 3. The summed E-state index contributed by atoms with van der Waals surface area (Å²) in [5, 5.41) is 14.8. The number of benzene rings is 1. The number of hydrogen-bond donors (Lipinski definition) is 3. The number of nitrogens with one attached hydrogen (secondary N) is 1. The Kier molecular flexibility index (Phi) is 4.21. The van der Waals surface area contributed by atoms with Crippen molar-refractivity contribution in [3.05, 3.63) is 35.6 Å². The highest BCUT2D eigenvalue weighted by atomic mass is 32.2. The summed E-state index contributed by atoms with van der Waals surface area (Å²) in [4.78, 5) is 0. The van der Waals surface area contributed by atoms with Crippen LogP contribution in [0.1, 0.15) is 18.9 Å². The minimum Gasteiger partial charge on any atom is -0.385 e. The average Bonchev–Trinajstić information content (AvgIpc) is 2.15. The molecule has 0 aromatic heterocycles. The van der Waals surface area contributed by atoms with Crippen LogP contribution >= 0.6 is 0 Å². The summed E-state index contributed by atoms with van der Waals surface area (Å²) < 4.78 is 36.7. The summed E-state index contributed by atoms with van der Waals surface area (Å²) in [6, 6.07) is 5.79. The zero-order valence-electron chi connectivity index (χ0n) is 9.35. The molecule has 1 unspecified atom stereocenters. The third kappa shape index (κ3) is 4.39. The van der Waals surface area contributed by atoms with Crippen LogP contribution in [0.3, 0.4) is 0 Å². The molecular weight excluding hydrogens is 247 g/mol. The molecule has 5 nitrogen and oxygen atoms in total. The number of rotatable bonds is 5. The fraction of sp³-hybridized carbons (Fsp3) is 0.400. The predicted octanol–water partition coefficient (Wildman–Crippen LogP) is 0.216. The van der Waals surface area contributed by atoms with Crippen molar-refractivity contribution in [1.29, 1.82) is 0 Å². The molecule has 1 rings (SSSR count). The summed E-state index contributed by atoms with van der Waals surface area (Å²) in [6.45, 7) is 1.34. The largest absolute Gasteiger partial charge is 0.385 e. The summed E-state index contributed by atoms with van der Waals surface area (Å²) in [7, 11) is -3.79. The minimum atomic E-state index is -3.79. The smallest absolute Gasteiger partial charge is 0.274 e. The minimum absolute atomic E-state index is 0.0182. The van der Waals surface area contributed by atoms with Gasteiger partial charge >= 0.3 is 0 Å². The molecule has 0 aliphatic heterocycles. The summed E-state index contributed by atoms with van der Waals surface area (Å²) in [5.74, 6) is -0.534. The van der Waals surface area contributed by atoms with Gasteiger partial charge in [-0.1, -0.05) is 18.2 Å². The van der Waals surface area contributed by atoms with Crippen molar-refractivity contribution >= 4 is 10.2 Å². The Balaban J connectivity index is 2.72. The first-order valence-corrected chi connectivity index (χ1v) is 6.52. The van der Waals surface area contributed by atoms with Gasteiger partial charge in [-0.25, -0.2) is 14.3 Å². The lowest BCUT2D eigenvalue weighted by atomic mass is 9.92. The van der Waals surface area contributed by atoms with Crippen LogP contribution in [-0.2, 0) is 15.8 Å². The van der Waals surface area contributed by atoms with E-state index in [-0.39, 0.29) is 18.5 Å². The number of nitrogens with two attached hydrogens (primary N) is 1.